The molecule has 20 heavy (non-hydrogen) atoms. The Morgan fingerprint density at radius 2 is 1.80 bits per heavy atom. The molecule has 0 aliphatic heterocycles. The van der Waals surface area contributed by atoms with E-state index in [1.54, 1.807) is 0 Å². The predicted molar refractivity (Wildman–Crippen MR) is 85.0 cm³/mol. The van der Waals surface area contributed by atoms with Gasteiger partial charge in [0.15, 0.2) is 0 Å². The molecule has 1 aromatic rings. The van der Waals surface area contributed by atoms with Crippen LogP contribution < -0.4 is 5.32 Å². The highest BCUT2D eigenvalue weighted by atomic mass is 35.5. The zero-order chi connectivity index (χ0) is 15.3. The minimum atomic E-state index is -0.328. The summed E-state index contributed by atoms with van der Waals surface area (Å²) in [6.07, 6.45) is 0.942. The normalized spacial score (nSPS) is 14.2. The lowest BCUT2D eigenvalue weighted by molar-refractivity contribution is -0.134. The van der Waals surface area contributed by atoms with Crippen LogP contribution in [0.5, 0.6) is 0 Å². The molecule has 0 heterocycles. The number of hydrogen-bond donors (Lipinski definition) is 1. The van der Waals surface area contributed by atoms with Gasteiger partial charge in [-0.25, -0.2) is 0 Å². The fourth-order valence-corrected chi connectivity index (χ4v) is 2.12. The van der Waals surface area contributed by atoms with Crippen molar-refractivity contribution < 1.29 is 4.79 Å². The van der Waals surface area contributed by atoms with Gasteiger partial charge in [-0.3, -0.25) is 10.1 Å². The minimum absolute atomic E-state index is 0.0929. The monoisotopic (exact) mass is 296 g/mol. The number of nitrogens with one attached hydrogen (secondary N) is 1. The van der Waals surface area contributed by atoms with Crippen LogP contribution in [0, 0.1) is 0 Å². The summed E-state index contributed by atoms with van der Waals surface area (Å²) in [6.45, 7) is 8.23. The average molecular weight is 297 g/mol. The SMILES string of the molecule is CCC(C)N(C)C(=O)C(NC(C)C)c1ccc(Cl)cc1. The van der Waals surface area contributed by atoms with Crippen molar-refractivity contribution in [1.29, 1.82) is 0 Å². The summed E-state index contributed by atoms with van der Waals surface area (Å²) in [7, 11) is 1.86. The molecule has 0 radical (unpaired) electrons. The van der Waals surface area contributed by atoms with Crippen molar-refractivity contribution in [3.8, 4) is 0 Å². The van der Waals surface area contributed by atoms with Gasteiger partial charge in [-0.1, -0.05) is 30.7 Å². The lowest BCUT2D eigenvalue weighted by Gasteiger charge is -2.30. The summed E-state index contributed by atoms with van der Waals surface area (Å²) < 4.78 is 0. The van der Waals surface area contributed by atoms with Crippen molar-refractivity contribution in [3.05, 3.63) is 34.9 Å². The molecule has 0 saturated carbocycles. The molecule has 4 heteroatoms. The highest BCUT2D eigenvalue weighted by Crippen LogP contribution is 2.20. The maximum Gasteiger partial charge on any atom is 0.244 e. The molecule has 1 amide bonds. The molecule has 2 atom stereocenters. The summed E-state index contributed by atoms with van der Waals surface area (Å²) in [4.78, 5) is 14.5. The Kier molecular flexibility index (Phi) is 6.50. The standard InChI is InChI=1S/C16H25ClN2O/c1-6-12(4)19(5)16(20)15(18-11(2)3)13-7-9-14(17)10-8-13/h7-12,15,18H,6H2,1-5H3. The van der Waals surface area contributed by atoms with E-state index in [1.165, 1.54) is 0 Å². The summed E-state index contributed by atoms with van der Waals surface area (Å²) in [5, 5.41) is 4.02. The predicted octanol–water partition coefficient (Wildman–Crippen LogP) is 3.64. The van der Waals surface area contributed by atoms with E-state index in [9.17, 15) is 4.79 Å². The van der Waals surface area contributed by atoms with Crippen molar-refractivity contribution >= 4 is 17.5 Å². The van der Waals surface area contributed by atoms with E-state index in [0.29, 0.717) is 5.02 Å². The van der Waals surface area contributed by atoms with E-state index in [4.69, 9.17) is 11.6 Å². The Bertz CT molecular complexity index is 431. The molecule has 0 fully saturated rings. The topological polar surface area (TPSA) is 32.3 Å². The minimum Gasteiger partial charge on any atom is -0.341 e. The lowest BCUT2D eigenvalue weighted by Crippen LogP contribution is -2.44. The van der Waals surface area contributed by atoms with Gasteiger partial charge in [-0.2, -0.15) is 0 Å². The van der Waals surface area contributed by atoms with Gasteiger partial charge >= 0.3 is 0 Å². The fraction of sp³-hybridized carbons (Fsp3) is 0.562. The molecule has 0 aliphatic carbocycles. The molecule has 2 unspecified atom stereocenters. The summed E-state index contributed by atoms with van der Waals surface area (Å²) in [5.74, 6) is 0.0929. The van der Waals surface area contributed by atoms with E-state index >= 15 is 0 Å². The number of rotatable bonds is 6. The Morgan fingerprint density at radius 3 is 2.25 bits per heavy atom. The number of amides is 1. The van der Waals surface area contributed by atoms with Gasteiger partial charge in [-0.05, 0) is 44.9 Å². The van der Waals surface area contributed by atoms with Gasteiger partial charge in [0.25, 0.3) is 0 Å². The molecule has 0 aromatic heterocycles. The zero-order valence-corrected chi connectivity index (χ0v) is 13.7. The van der Waals surface area contributed by atoms with Crippen LogP contribution in [0.2, 0.25) is 5.02 Å². The maximum atomic E-state index is 12.7. The molecule has 0 bridgehead atoms. The molecule has 1 aromatic carbocycles. The lowest BCUT2D eigenvalue weighted by atomic mass is 10.0. The Labute approximate surface area is 127 Å². The third kappa shape index (κ3) is 4.50. The average Bonchev–Trinajstić information content (AvgIpc) is 2.43. The molecule has 0 aliphatic rings. The summed E-state index contributed by atoms with van der Waals surface area (Å²) in [6, 6.07) is 7.59. The highest BCUT2D eigenvalue weighted by molar-refractivity contribution is 6.30. The second-order valence-corrected chi connectivity index (χ2v) is 5.95. The van der Waals surface area contributed by atoms with Gasteiger partial charge in [0, 0.05) is 24.2 Å². The third-order valence-corrected chi connectivity index (χ3v) is 3.80. The van der Waals surface area contributed by atoms with Crippen LogP contribution in [0.15, 0.2) is 24.3 Å². The van der Waals surface area contributed by atoms with Crippen molar-refractivity contribution in [2.24, 2.45) is 0 Å². The Hall–Kier alpha value is -1.06. The quantitative estimate of drug-likeness (QED) is 0.869. The van der Waals surface area contributed by atoms with Crippen molar-refractivity contribution in [3.63, 3.8) is 0 Å². The zero-order valence-electron chi connectivity index (χ0n) is 13.0. The molecular formula is C16H25ClN2O. The van der Waals surface area contributed by atoms with Crippen molar-refractivity contribution in [2.45, 2.75) is 52.2 Å². The number of halogens is 1. The summed E-state index contributed by atoms with van der Waals surface area (Å²) >= 11 is 5.92. The first-order valence-corrected chi connectivity index (χ1v) is 7.52. The first-order valence-electron chi connectivity index (χ1n) is 7.15. The van der Waals surface area contributed by atoms with E-state index in [1.807, 2.05) is 50.1 Å². The van der Waals surface area contributed by atoms with E-state index in [-0.39, 0.29) is 24.0 Å². The van der Waals surface area contributed by atoms with Crippen LogP contribution in [-0.4, -0.2) is 29.9 Å². The first kappa shape index (κ1) is 17.0. The second kappa shape index (κ2) is 7.65. The van der Waals surface area contributed by atoms with Crippen LogP contribution in [-0.2, 0) is 4.79 Å². The number of carbonyl (C=O) groups is 1. The van der Waals surface area contributed by atoms with Crippen LogP contribution in [0.25, 0.3) is 0 Å². The second-order valence-electron chi connectivity index (χ2n) is 5.51. The molecule has 0 spiro atoms. The number of hydrogen-bond acceptors (Lipinski definition) is 2. The van der Waals surface area contributed by atoms with E-state index < -0.39 is 0 Å². The summed E-state index contributed by atoms with van der Waals surface area (Å²) in [5.41, 5.74) is 0.947. The molecule has 112 valence electrons. The molecule has 3 nitrogen and oxygen atoms in total. The molecule has 1 N–H and O–H groups in total. The first-order chi connectivity index (χ1) is 9.36. The van der Waals surface area contributed by atoms with Crippen LogP contribution in [0.4, 0.5) is 0 Å². The number of likely N-dealkylation sites (N-methyl/N-ethyl adjacent to an activating group) is 1. The van der Waals surface area contributed by atoms with Crippen molar-refractivity contribution in [2.75, 3.05) is 7.05 Å². The smallest absolute Gasteiger partial charge is 0.244 e. The molecule has 0 saturated heterocycles. The van der Waals surface area contributed by atoms with Crippen LogP contribution >= 0.6 is 11.6 Å². The van der Waals surface area contributed by atoms with Crippen LogP contribution in [0.1, 0.15) is 45.7 Å². The molecule has 1 rings (SSSR count). The van der Waals surface area contributed by atoms with Gasteiger partial charge in [0.1, 0.15) is 6.04 Å². The number of benzene rings is 1. The Morgan fingerprint density at radius 1 is 1.25 bits per heavy atom. The van der Waals surface area contributed by atoms with Gasteiger partial charge in [0.05, 0.1) is 0 Å². The molecular weight excluding hydrogens is 272 g/mol. The maximum absolute atomic E-state index is 12.7. The fourth-order valence-electron chi connectivity index (χ4n) is 1.99. The van der Waals surface area contributed by atoms with Crippen LogP contribution in [0.3, 0.4) is 0 Å². The number of nitrogens with zero attached hydrogens (tertiary/aromatic N) is 1. The van der Waals surface area contributed by atoms with E-state index in [2.05, 4.69) is 19.2 Å². The van der Waals surface area contributed by atoms with Crippen molar-refractivity contribution in [1.82, 2.24) is 10.2 Å². The largest absolute Gasteiger partial charge is 0.341 e. The van der Waals surface area contributed by atoms with E-state index in [0.717, 1.165) is 12.0 Å². The van der Waals surface area contributed by atoms with Gasteiger partial charge in [0.2, 0.25) is 5.91 Å². The highest BCUT2D eigenvalue weighted by Gasteiger charge is 2.26. The Balaban J connectivity index is 3.00. The van der Waals surface area contributed by atoms with Gasteiger partial charge < -0.3 is 4.90 Å². The van der Waals surface area contributed by atoms with Gasteiger partial charge in [-0.15, -0.1) is 0 Å². The number of carbonyl (C=O) groups excluding carboxylic acids is 1. The third-order valence-electron chi connectivity index (χ3n) is 3.55.